The Balaban J connectivity index is 1.97. The van der Waals surface area contributed by atoms with Crippen molar-refractivity contribution < 1.29 is 27.9 Å². The highest BCUT2D eigenvalue weighted by molar-refractivity contribution is 7.92. The average Bonchev–Trinajstić information content (AvgIpc) is 3.16. The van der Waals surface area contributed by atoms with Crippen LogP contribution in [0.4, 0.5) is 5.69 Å². The zero-order valence-corrected chi connectivity index (χ0v) is 17.9. The first-order chi connectivity index (χ1) is 14.7. The van der Waals surface area contributed by atoms with Gasteiger partial charge in [0.25, 0.3) is 0 Å². The third kappa shape index (κ3) is 5.60. The number of ether oxygens (including phenoxy) is 1. The Bertz CT molecular complexity index is 1110. The SMILES string of the molecule is COc1ccc([C@@H]2CC(c3ccccc3NS(C)(=O)=O)=NN2C(=O)CCC(=O)O)cc1. The van der Waals surface area contributed by atoms with Crippen LogP contribution in [0.5, 0.6) is 5.75 Å². The van der Waals surface area contributed by atoms with E-state index in [0.717, 1.165) is 11.8 Å². The number of carbonyl (C=O) groups is 2. The number of carboxylic acids is 1. The van der Waals surface area contributed by atoms with Crippen LogP contribution in [-0.2, 0) is 19.6 Å². The molecule has 0 spiro atoms. The number of benzene rings is 2. The number of hydrogen-bond acceptors (Lipinski definition) is 6. The van der Waals surface area contributed by atoms with Gasteiger partial charge in [-0.05, 0) is 23.8 Å². The molecule has 1 atom stereocenters. The minimum absolute atomic E-state index is 0.192. The van der Waals surface area contributed by atoms with Crippen LogP contribution in [0.15, 0.2) is 53.6 Å². The number of aliphatic carboxylic acids is 1. The van der Waals surface area contributed by atoms with Crippen LogP contribution in [0.1, 0.15) is 36.4 Å². The van der Waals surface area contributed by atoms with E-state index in [4.69, 9.17) is 9.84 Å². The highest BCUT2D eigenvalue weighted by Crippen LogP contribution is 2.35. The molecule has 0 saturated carbocycles. The highest BCUT2D eigenvalue weighted by atomic mass is 32.2. The van der Waals surface area contributed by atoms with Gasteiger partial charge in [-0.3, -0.25) is 14.3 Å². The highest BCUT2D eigenvalue weighted by Gasteiger charge is 2.34. The lowest BCUT2D eigenvalue weighted by Gasteiger charge is -2.22. The van der Waals surface area contributed by atoms with Gasteiger partial charge in [0, 0.05) is 18.4 Å². The maximum absolute atomic E-state index is 12.8. The van der Waals surface area contributed by atoms with Crippen LogP contribution in [0.25, 0.3) is 0 Å². The molecule has 1 amide bonds. The molecule has 1 aliphatic rings. The van der Waals surface area contributed by atoms with Crippen molar-refractivity contribution in [2.75, 3.05) is 18.1 Å². The van der Waals surface area contributed by atoms with Gasteiger partial charge < -0.3 is 9.84 Å². The molecule has 0 bridgehead atoms. The van der Waals surface area contributed by atoms with Crippen molar-refractivity contribution in [3.8, 4) is 5.75 Å². The quantitative estimate of drug-likeness (QED) is 0.643. The summed E-state index contributed by atoms with van der Waals surface area (Å²) in [6, 6.07) is 13.5. The van der Waals surface area contributed by atoms with Gasteiger partial charge in [0.2, 0.25) is 15.9 Å². The molecule has 0 aliphatic carbocycles. The summed E-state index contributed by atoms with van der Waals surface area (Å²) < 4.78 is 31.2. The van der Waals surface area contributed by atoms with Crippen molar-refractivity contribution in [3.63, 3.8) is 0 Å². The molecule has 164 valence electrons. The Hall–Kier alpha value is -3.40. The first kappa shape index (κ1) is 22.3. The number of nitrogens with one attached hydrogen (secondary N) is 1. The molecule has 0 radical (unpaired) electrons. The van der Waals surface area contributed by atoms with Crippen molar-refractivity contribution in [2.24, 2.45) is 5.10 Å². The molecule has 10 heteroatoms. The van der Waals surface area contributed by atoms with E-state index in [-0.39, 0.29) is 12.8 Å². The molecular weight excluding hydrogens is 422 g/mol. The van der Waals surface area contributed by atoms with Gasteiger partial charge in [0.15, 0.2) is 0 Å². The second-order valence-corrected chi connectivity index (χ2v) is 8.84. The van der Waals surface area contributed by atoms with Gasteiger partial charge in [-0.15, -0.1) is 0 Å². The lowest BCUT2D eigenvalue weighted by Crippen LogP contribution is -2.27. The summed E-state index contributed by atoms with van der Waals surface area (Å²) in [4.78, 5) is 23.7. The van der Waals surface area contributed by atoms with E-state index in [9.17, 15) is 18.0 Å². The molecule has 0 fully saturated rings. The minimum atomic E-state index is -3.52. The number of hydrazone groups is 1. The van der Waals surface area contributed by atoms with Crippen LogP contribution in [-0.4, -0.2) is 49.5 Å². The molecule has 3 rings (SSSR count). The molecule has 2 aromatic carbocycles. The molecule has 31 heavy (non-hydrogen) atoms. The predicted molar refractivity (Wildman–Crippen MR) is 116 cm³/mol. The Morgan fingerprint density at radius 1 is 1.16 bits per heavy atom. The normalized spacial score (nSPS) is 16.0. The van der Waals surface area contributed by atoms with Crippen LogP contribution in [0, 0.1) is 0 Å². The number of carboxylic acid groups (broad SMARTS) is 1. The summed E-state index contributed by atoms with van der Waals surface area (Å²) >= 11 is 0. The van der Waals surface area contributed by atoms with Crippen LogP contribution in [0.3, 0.4) is 0 Å². The van der Waals surface area contributed by atoms with Gasteiger partial charge in [-0.25, -0.2) is 13.4 Å². The number of sulfonamides is 1. The number of methoxy groups -OCH3 is 1. The predicted octanol–water partition coefficient (Wildman–Crippen LogP) is 2.61. The van der Waals surface area contributed by atoms with Crippen molar-refractivity contribution in [1.82, 2.24) is 5.01 Å². The summed E-state index contributed by atoms with van der Waals surface area (Å²) in [6.45, 7) is 0. The number of nitrogens with zero attached hydrogens (tertiary/aromatic N) is 2. The van der Waals surface area contributed by atoms with E-state index in [1.165, 1.54) is 5.01 Å². The van der Waals surface area contributed by atoms with Crippen molar-refractivity contribution >= 4 is 33.3 Å². The molecule has 1 heterocycles. The largest absolute Gasteiger partial charge is 0.497 e. The third-order valence-corrected chi connectivity index (χ3v) is 5.34. The summed E-state index contributed by atoms with van der Waals surface area (Å²) in [6.07, 6.45) is 0.902. The zero-order chi connectivity index (χ0) is 22.6. The maximum Gasteiger partial charge on any atom is 0.303 e. The Morgan fingerprint density at radius 2 is 1.84 bits per heavy atom. The van der Waals surface area contributed by atoms with Crippen LogP contribution >= 0.6 is 0 Å². The van der Waals surface area contributed by atoms with Crippen molar-refractivity contribution in [3.05, 3.63) is 59.7 Å². The molecule has 0 aromatic heterocycles. The smallest absolute Gasteiger partial charge is 0.303 e. The van der Waals surface area contributed by atoms with Crippen molar-refractivity contribution in [1.29, 1.82) is 0 Å². The average molecular weight is 445 g/mol. The van der Waals surface area contributed by atoms with E-state index < -0.39 is 27.9 Å². The number of para-hydroxylation sites is 1. The summed E-state index contributed by atoms with van der Waals surface area (Å²) in [7, 11) is -1.96. The Kier molecular flexibility index (Phi) is 6.59. The topological polar surface area (TPSA) is 125 Å². The van der Waals surface area contributed by atoms with Crippen molar-refractivity contribution in [2.45, 2.75) is 25.3 Å². The monoisotopic (exact) mass is 445 g/mol. The number of rotatable bonds is 8. The summed E-state index contributed by atoms with van der Waals surface area (Å²) in [5.74, 6) is -0.832. The van der Waals surface area contributed by atoms with Gasteiger partial charge >= 0.3 is 5.97 Å². The van der Waals surface area contributed by atoms with Gasteiger partial charge in [-0.2, -0.15) is 5.10 Å². The number of carbonyl (C=O) groups excluding carboxylic acids is 1. The Morgan fingerprint density at radius 3 is 2.45 bits per heavy atom. The van der Waals surface area contributed by atoms with E-state index in [2.05, 4.69) is 9.82 Å². The second-order valence-electron chi connectivity index (χ2n) is 7.09. The molecular formula is C21H23N3O6S. The molecule has 2 N–H and O–H groups in total. The molecule has 0 saturated heterocycles. The molecule has 2 aromatic rings. The first-order valence-corrected chi connectivity index (χ1v) is 11.4. The fourth-order valence-electron chi connectivity index (χ4n) is 3.34. The summed E-state index contributed by atoms with van der Waals surface area (Å²) in [5.41, 5.74) is 2.24. The fraction of sp³-hybridized carbons (Fsp3) is 0.286. The molecule has 0 unspecified atom stereocenters. The van der Waals surface area contributed by atoms with Gasteiger partial charge in [0.1, 0.15) is 5.75 Å². The summed E-state index contributed by atoms with van der Waals surface area (Å²) in [5, 5.41) is 14.7. The van der Waals surface area contributed by atoms with E-state index in [1.54, 1.807) is 43.5 Å². The second kappa shape index (κ2) is 9.17. The number of anilines is 1. The van der Waals surface area contributed by atoms with Crippen LogP contribution in [0.2, 0.25) is 0 Å². The third-order valence-electron chi connectivity index (χ3n) is 4.75. The minimum Gasteiger partial charge on any atom is -0.497 e. The van der Waals surface area contributed by atoms with E-state index in [0.29, 0.717) is 29.1 Å². The zero-order valence-electron chi connectivity index (χ0n) is 17.1. The standard InChI is InChI=1S/C21H23N3O6S/c1-30-15-9-7-14(8-10-15)19-13-18(22-24(19)20(25)11-12-21(26)27)16-5-3-4-6-17(16)23-31(2,28)29/h3-10,19,23H,11-13H2,1-2H3,(H,26,27)/t19-/m0/s1. The van der Waals surface area contributed by atoms with Gasteiger partial charge in [0.05, 0.1) is 37.2 Å². The fourth-order valence-corrected chi connectivity index (χ4v) is 3.92. The maximum atomic E-state index is 12.8. The number of amides is 1. The Labute approximate surface area is 180 Å². The molecule has 9 nitrogen and oxygen atoms in total. The lowest BCUT2D eigenvalue weighted by atomic mass is 9.97. The van der Waals surface area contributed by atoms with E-state index in [1.807, 2.05) is 12.1 Å². The van der Waals surface area contributed by atoms with Gasteiger partial charge in [-0.1, -0.05) is 30.3 Å². The molecule has 1 aliphatic heterocycles. The van der Waals surface area contributed by atoms with Crippen LogP contribution < -0.4 is 9.46 Å². The lowest BCUT2D eigenvalue weighted by molar-refractivity contribution is -0.141. The number of hydrogen-bond donors (Lipinski definition) is 2. The first-order valence-electron chi connectivity index (χ1n) is 9.50. The van der Waals surface area contributed by atoms with E-state index >= 15 is 0 Å².